The van der Waals surface area contributed by atoms with Crippen molar-refractivity contribution in [3.8, 4) is 0 Å². The van der Waals surface area contributed by atoms with Crippen molar-refractivity contribution in [1.82, 2.24) is 9.55 Å². The smallest absolute Gasteiger partial charge is 0.203 e. The minimum atomic E-state index is -0.716. The molecule has 4 nitrogen and oxygen atoms in total. The fourth-order valence-corrected chi connectivity index (χ4v) is 3.58. The van der Waals surface area contributed by atoms with E-state index >= 15 is 0 Å². The van der Waals surface area contributed by atoms with Crippen LogP contribution in [-0.2, 0) is 10.8 Å². The highest BCUT2D eigenvalue weighted by molar-refractivity contribution is 7.84. The van der Waals surface area contributed by atoms with Gasteiger partial charge >= 0.3 is 0 Å². The van der Waals surface area contributed by atoms with Gasteiger partial charge in [-0.2, -0.15) is 0 Å². The van der Waals surface area contributed by atoms with Crippen LogP contribution in [0, 0.1) is 6.92 Å². The minimum absolute atomic E-state index is 0.308. The van der Waals surface area contributed by atoms with Gasteiger partial charge in [-0.15, -0.1) is 0 Å². The van der Waals surface area contributed by atoms with Gasteiger partial charge in [-0.25, -0.2) is 4.98 Å². The van der Waals surface area contributed by atoms with Crippen molar-refractivity contribution < 1.29 is 4.21 Å². The van der Waals surface area contributed by atoms with E-state index in [2.05, 4.69) is 34.9 Å². The molecule has 1 saturated carbocycles. The summed E-state index contributed by atoms with van der Waals surface area (Å²) >= 11 is 0. The SMILES string of the molecule is Cc1cn(C2CCCCC2)c(NC(C)CCS(C)=O)n1. The predicted molar refractivity (Wildman–Crippen MR) is 85.7 cm³/mol. The van der Waals surface area contributed by atoms with E-state index in [-0.39, 0.29) is 0 Å². The first-order chi connectivity index (χ1) is 9.56. The molecule has 0 amide bonds. The van der Waals surface area contributed by atoms with Crippen LogP contribution in [0.4, 0.5) is 5.95 Å². The van der Waals surface area contributed by atoms with Gasteiger partial charge in [-0.05, 0) is 33.1 Å². The molecule has 2 rings (SSSR count). The quantitative estimate of drug-likeness (QED) is 0.876. The normalized spacial score (nSPS) is 19.8. The van der Waals surface area contributed by atoms with E-state index in [1.807, 2.05) is 0 Å². The number of hydrogen-bond acceptors (Lipinski definition) is 3. The standard InChI is InChI=1S/C15H27N3OS/c1-12(9-10-20(3)19)16-15-17-13(2)11-18(15)14-7-5-4-6-8-14/h11-12,14H,4-10H2,1-3H3,(H,16,17). The van der Waals surface area contributed by atoms with Crippen LogP contribution in [0.1, 0.15) is 57.2 Å². The molecule has 1 aromatic heterocycles. The Morgan fingerprint density at radius 3 is 2.80 bits per heavy atom. The Morgan fingerprint density at radius 1 is 1.45 bits per heavy atom. The van der Waals surface area contributed by atoms with Crippen LogP contribution in [0.3, 0.4) is 0 Å². The fourth-order valence-electron chi connectivity index (χ4n) is 2.90. The second kappa shape index (κ2) is 7.25. The molecule has 2 atom stereocenters. The maximum Gasteiger partial charge on any atom is 0.203 e. The topological polar surface area (TPSA) is 46.9 Å². The minimum Gasteiger partial charge on any atom is -0.353 e. The molecule has 1 fully saturated rings. The third-order valence-corrected chi connectivity index (χ3v) is 4.85. The van der Waals surface area contributed by atoms with Crippen molar-refractivity contribution >= 4 is 16.7 Å². The average molecular weight is 297 g/mol. The van der Waals surface area contributed by atoms with E-state index in [1.165, 1.54) is 32.1 Å². The number of hydrogen-bond donors (Lipinski definition) is 1. The summed E-state index contributed by atoms with van der Waals surface area (Å²) in [4.78, 5) is 4.63. The van der Waals surface area contributed by atoms with Crippen LogP contribution in [0.5, 0.6) is 0 Å². The highest BCUT2D eigenvalue weighted by Crippen LogP contribution is 2.31. The molecule has 0 aliphatic heterocycles. The molecule has 114 valence electrons. The number of nitrogens with one attached hydrogen (secondary N) is 1. The highest BCUT2D eigenvalue weighted by Gasteiger charge is 2.19. The molecule has 1 aliphatic rings. The van der Waals surface area contributed by atoms with Gasteiger partial charge < -0.3 is 9.88 Å². The maximum atomic E-state index is 11.2. The molecule has 0 bridgehead atoms. The van der Waals surface area contributed by atoms with Crippen LogP contribution in [0.2, 0.25) is 0 Å². The summed E-state index contributed by atoms with van der Waals surface area (Å²) in [6, 6.07) is 0.906. The van der Waals surface area contributed by atoms with Crippen LogP contribution in [-0.4, -0.2) is 31.8 Å². The van der Waals surface area contributed by atoms with E-state index in [0.717, 1.165) is 23.8 Å². The molecule has 5 heteroatoms. The number of nitrogens with zero attached hydrogens (tertiary/aromatic N) is 2. The lowest BCUT2D eigenvalue weighted by Crippen LogP contribution is -2.22. The van der Waals surface area contributed by atoms with E-state index in [9.17, 15) is 4.21 Å². The van der Waals surface area contributed by atoms with Gasteiger partial charge in [0.25, 0.3) is 0 Å². The number of aryl methyl sites for hydroxylation is 1. The van der Waals surface area contributed by atoms with Gasteiger partial charge in [-0.1, -0.05) is 19.3 Å². The molecular weight excluding hydrogens is 270 g/mol. The van der Waals surface area contributed by atoms with E-state index in [1.54, 1.807) is 6.26 Å². The summed E-state index contributed by atoms with van der Waals surface area (Å²) in [6.07, 6.45) is 11.4. The summed E-state index contributed by atoms with van der Waals surface area (Å²) < 4.78 is 13.5. The second-order valence-electron chi connectivity index (χ2n) is 6.02. The van der Waals surface area contributed by atoms with Crippen molar-refractivity contribution in [2.75, 3.05) is 17.3 Å². The molecule has 0 radical (unpaired) electrons. The Hall–Kier alpha value is -0.840. The number of imidazole rings is 1. The molecule has 0 spiro atoms. The third kappa shape index (κ3) is 4.33. The third-order valence-electron chi connectivity index (χ3n) is 4.03. The monoisotopic (exact) mass is 297 g/mol. The van der Waals surface area contributed by atoms with Crippen LogP contribution < -0.4 is 5.32 Å². The summed E-state index contributed by atoms with van der Waals surface area (Å²) in [7, 11) is -0.716. The van der Waals surface area contributed by atoms with Gasteiger partial charge in [-0.3, -0.25) is 4.21 Å². The summed E-state index contributed by atoms with van der Waals surface area (Å²) in [5.74, 6) is 1.74. The van der Waals surface area contributed by atoms with Gasteiger partial charge in [0.15, 0.2) is 0 Å². The number of aromatic nitrogens is 2. The van der Waals surface area contributed by atoms with Crippen LogP contribution >= 0.6 is 0 Å². The number of anilines is 1. The second-order valence-corrected chi connectivity index (χ2v) is 7.57. The zero-order valence-electron chi connectivity index (χ0n) is 12.9. The van der Waals surface area contributed by atoms with Gasteiger partial charge in [0, 0.05) is 41.1 Å². The Bertz CT molecular complexity index is 452. The summed E-state index contributed by atoms with van der Waals surface area (Å²) in [5.41, 5.74) is 1.07. The predicted octanol–water partition coefficient (Wildman–Crippen LogP) is 3.27. The molecule has 1 aliphatic carbocycles. The molecule has 1 heterocycles. The molecular formula is C15H27N3OS. The highest BCUT2D eigenvalue weighted by atomic mass is 32.2. The lowest BCUT2D eigenvalue weighted by atomic mass is 9.95. The van der Waals surface area contributed by atoms with Gasteiger partial charge in [0.2, 0.25) is 5.95 Å². The van der Waals surface area contributed by atoms with Crippen LogP contribution in [0.15, 0.2) is 6.20 Å². The first kappa shape index (κ1) is 15.5. The summed E-state index contributed by atoms with van der Waals surface area (Å²) in [6.45, 7) is 4.19. The van der Waals surface area contributed by atoms with E-state index < -0.39 is 10.8 Å². The van der Waals surface area contributed by atoms with Gasteiger partial charge in [0.05, 0.1) is 5.69 Å². The Kier molecular flexibility index (Phi) is 5.64. The molecule has 0 aromatic carbocycles. The zero-order chi connectivity index (χ0) is 14.5. The first-order valence-corrected chi connectivity index (χ1v) is 9.41. The van der Waals surface area contributed by atoms with Crippen molar-refractivity contribution in [3.63, 3.8) is 0 Å². The lowest BCUT2D eigenvalue weighted by Gasteiger charge is -2.25. The van der Waals surface area contributed by atoms with E-state index in [4.69, 9.17) is 0 Å². The molecule has 1 aromatic rings. The van der Waals surface area contributed by atoms with Crippen molar-refractivity contribution in [2.45, 2.75) is 64.5 Å². The molecule has 1 N–H and O–H groups in total. The molecule has 2 unspecified atom stereocenters. The molecule has 0 saturated heterocycles. The van der Waals surface area contributed by atoms with Crippen molar-refractivity contribution in [3.05, 3.63) is 11.9 Å². The maximum absolute atomic E-state index is 11.2. The Balaban J connectivity index is 2.01. The van der Waals surface area contributed by atoms with Crippen molar-refractivity contribution in [1.29, 1.82) is 0 Å². The zero-order valence-corrected chi connectivity index (χ0v) is 13.7. The van der Waals surface area contributed by atoms with Crippen molar-refractivity contribution in [2.24, 2.45) is 0 Å². The fraction of sp³-hybridized carbons (Fsp3) is 0.800. The molecule has 20 heavy (non-hydrogen) atoms. The Morgan fingerprint density at radius 2 is 2.15 bits per heavy atom. The van der Waals surface area contributed by atoms with Crippen LogP contribution in [0.25, 0.3) is 0 Å². The van der Waals surface area contributed by atoms with Gasteiger partial charge in [0.1, 0.15) is 0 Å². The first-order valence-electron chi connectivity index (χ1n) is 7.68. The Labute approximate surface area is 124 Å². The summed E-state index contributed by atoms with van der Waals surface area (Å²) in [5, 5.41) is 3.50. The van der Waals surface area contributed by atoms with E-state index in [0.29, 0.717) is 12.1 Å². The lowest BCUT2D eigenvalue weighted by molar-refractivity contribution is 0.355. The largest absolute Gasteiger partial charge is 0.353 e. The number of rotatable bonds is 6. The average Bonchev–Trinajstić information content (AvgIpc) is 2.78.